The van der Waals surface area contributed by atoms with E-state index in [1.165, 1.54) is 24.5 Å². The molecule has 1 aliphatic heterocycles. The fourth-order valence-electron chi connectivity index (χ4n) is 2.53. The Morgan fingerprint density at radius 1 is 1.39 bits per heavy atom. The molecule has 0 fully saturated rings. The standard InChI is InChI=1S/C14H15ClN4O3S/c1-9-4-5-19-12(6-9)11(8-17-19)14(20)18-23(21,22)13-3-2-10(15)7-16-13/h2-3,7-9H,4-6H2,1H3,(H,18,20). The number of sulfonamides is 1. The molecule has 1 atom stereocenters. The van der Waals surface area contributed by atoms with Crippen molar-refractivity contribution in [3.8, 4) is 0 Å². The Morgan fingerprint density at radius 3 is 2.87 bits per heavy atom. The van der Waals surface area contributed by atoms with Gasteiger partial charge in [-0.15, -0.1) is 0 Å². The molecular weight excluding hydrogens is 340 g/mol. The number of hydrogen-bond acceptors (Lipinski definition) is 5. The molecule has 9 heteroatoms. The molecule has 0 radical (unpaired) electrons. The molecule has 122 valence electrons. The number of nitrogens with zero attached hydrogens (tertiary/aromatic N) is 3. The lowest BCUT2D eigenvalue weighted by Crippen LogP contribution is -2.32. The van der Waals surface area contributed by atoms with Crippen molar-refractivity contribution in [2.75, 3.05) is 0 Å². The molecule has 2 aromatic heterocycles. The Morgan fingerprint density at radius 2 is 2.17 bits per heavy atom. The summed E-state index contributed by atoms with van der Waals surface area (Å²) < 4.78 is 28.2. The predicted octanol–water partition coefficient (Wildman–Crippen LogP) is 1.63. The van der Waals surface area contributed by atoms with E-state index in [1.54, 1.807) is 4.68 Å². The third-order valence-corrected chi connectivity index (χ3v) is 5.24. The Labute approximate surface area is 138 Å². The van der Waals surface area contributed by atoms with Gasteiger partial charge >= 0.3 is 0 Å². The van der Waals surface area contributed by atoms with Crippen LogP contribution >= 0.6 is 11.6 Å². The van der Waals surface area contributed by atoms with Gasteiger partial charge in [-0.1, -0.05) is 18.5 Å². The van der Waals surface area contributed by atoms with Crippen molar-refractivity contribution < 1.29 is 13.2 Å². The van der Waals surface area contributed by atoms with Crippen LogP contribution in [0.25, 0.3) is 0 Å². The molecule has 0 bridgehead atoms. The molecular formula is C14H15ClN4O3S. The maximum absolute atomic E-state index is 12.3. The Hall–Kier alpha value is -1.93. The first-order valence-corrected chi connectivity index (χ1v) is 8.96. The number of aromatic nitrogens is 3. The number of nitrogens with one attached hydrogen (secondary N) is 1. The van der Waals surface area contributed by atoms with Crippen molar-refractivity contribution in [3.63, 3.8) is 0 Å². The minimum Gasteiger partial charge on any atom is -0.269 e. The topological polar surface area (TPSA) is 94.0 Å². The minimum absolute atomic E-state index is 0.260. The maximum atomic E-state index is 12.3. The van der Waals surface area contributed by atoms with Crippen LogP contribution in [0.3, 0.4) is 0 Å². The highest BCUT2D eigenvalue weighted by Crippen LogP contribution is 2.22. The molecule has 3 heterocycles. The second kappa shape index (κ2) is 5.93. The van der Waals surface area contributed by atoms with Crippen LogP contribution in [0, 0.1) is 5.92 Å². The molecule has 7 nitrogen and oxygen atoms in total. The molecule has 0 spiro atoms. The van der Waals surface area contributed by atoms with Gasteiger partial charge in [0.15, 0.2) is 5.03 Å². The molecule has 0 saturated carbocycles. The summed E-state index contributed by atoms with van der Waals surface area (Å²) in [6.45, 7) is 2.82. The van der Waals surface area contributed by atoms with E-state index in [1.807, 2.05) is 4.72 Å². The molecule has 0 aromatic carbocycles. The van der Waals surface area contributed by atoms with Crippen molar-refractivity contribution in [2.45, 2.75) is 31.3 Å². The first kappa shape index (κ1) is 15.9. The number of rotatable bonds is 3. The zero-order valence-corrected chi connectivity index (χ0v) is 13.9. The Balaban J connectivity index is 1.85. The summed E-state index contributed by atoms with van der Waals surface area (Å²) >= 11 is 5.69. The van der Waals surface area contributed by atoms with E-state index in [-0.39, 0.29) is 10.6 Å². The van der Waals surface area contributed by atoms with E-state index in [9.17, 15) is 13.2 Å². The lowest BCUT2D eigenvalue weighted by Gasteiger charge is -2.20. The van der Waals surface area contributed by atoms with Crippen molar-refractivity contribution in [2.24, 2.45) is 5.92 Å². The summed E-state index contributed by atoms with van der Waals surface area (Å²) in [5.41, 5.74) is 1.05. The Kier molecular flexibility index (Phi) is 4.11. The average Bonchev–Trinajstić information content (AvgIpc) is 2.90. The second-order valence-electron chi connectivity index (χ2n) is 5.58. The number of pyridine rings is 1. The average molecular weight is 355 g/mol. The van der Waals surface area contributed by atoms with Gasteiger partial charge in [-0.05, 0) is 30.9 Å². The van der Waals surface area contributed by atoms with Gasteiger partial charge in [0.25, 0.3) is 15.9 Å². The van der Waals surface area contributed by atoms with E-state index in [2.05, 4.69) is 17.0 Å². The zero-order chi connectivity index (χ0) is 16.6. The summed E-state index contributed by atoms with van der Waals surface area (Å²) in [5, 5.41) is 4.21. The van der Waals surface area contributed by atoms with Gasteiger partial charge in [0.2, 0.25) is 0 Å². The van der Waals surface area contributed by atoms with Crippen molar-refractivity contribution in [1.82, 2.24) is 19.5 Å². The van der Waals surface area contributed by atoms with E-state index >= 15 is 0 Å². The third kappa shape index (κ3) is 3.23. The smallest absolute Gasteiger partial charge is 0.269 e. The van der Waals surface area contributed by atoms with Gasteiger partial charge in [-0.3, -0.25) is 9.48 Å². The molecule has 1 N–H and O–H groups in total. The van der Waals surface area contributed by atoms with Crippen LogP contribution in [-0.4, -0.2) is 29.1 Å². The van der Waals surface area contributed by atoms with Crippen molar-refractivity contribution in [1.29, 1.82) is 0 Å². The van der Waals surface area contributed by atoms with Crippen LogP contribution in [0.5, 0.6) is 0 Å². The molecule has 0 saturated heterocycles. The number of carbonyl (C=O) groups is 1. The minimum atomic E-state index is -4.05. The number of aryl methyl sites for hydroxylation is 1. The van der Waals surface area contributed by atoms with Gasteiger partial charge in [0.05, 0.1) is 22.5 Å². The molecule has 2 aromatic rings. The van der Waals surface area contributed by atoms with Gasteiger partial charge in [0.1, 0.15) is 0 Å². The fraction of sp³-hybridized carbons (Fsp3) is 0.357. The maximum Gasteiger partial charge on any atom is 0.281 e. The van der Waals surface area contributed by atoms with Crippen LogP contribution < -0.4 is 4.72 Å². The van der Waals surface area contributed by atoms with Crippen LogP contribution in [0.2, 0.25) is 5.02 Å². The molecule has 1 aliphatic rings. The lowest BCUT2D eigenvalue weighted by molar-refractivity contribution is 0.0979. The highest BCUT2D eigenvalue weighted by atomic mass is 35.5. The SMILES string of the molecule is CC1CCn2ncc(C(=O)NS(=O)(=O)c3ccc(Cl)cn3)c2C1. The van der Waals surface area contributed by atoms with E-state index in [4.69, 9.17) is 11.6 Å². The highest BCUT2D eigenvalue weighted by Gasteiger charge is 2.26. The van der Waals surface area contributed by atoms with Gasteiger partial charge in [0, 0.05) is 12.7 Å². The summed E-state index contributed by atoms with van der Waals surface area (Å²) in [6, 6.07) is 2.64. The Bertz CT molecular complexity index is 845. The zero-order valence-electron chi connectivity index (χ0n) is 12.4. The van der Waals surface area contributed by atoms with Gasteiger partial charge < -0.3 is 0 Å². The summed E-state index contributed by atoms with van der Waals surface area (Å²) in [4.78, 5) is 16.1. The number of amides is 1. The number of halogens is 1. The normalized spacial score (nSPS) is 17.6. The van der Waals surface area contributed by atoms with Crippen LogP contribution in [0.15, 0.2) is 29.6 Å². The third-order valence-electron chi connectivity index (χ3n) is 3.77. The van der Waals surface area contributed by atoms with Crippen LogP contribution in [-0.2, 0) is 23.0 Å². The van der Waals surface area contributed by atoms with Crippen molar-refractivity contribution in [3.05, 3.63) is 40.8 Å². The number of carbonyl (C=O) groups excluding carboxylic acids is 1. The lowest BCUT2D eigenvalue weighted by atomic mass is 9.96. The first-order valence-electron chi connectivity index (χ1n) is 7.10. The quantitative estimate of drug-likeness (QED) is 0.904. The fourth-order valence-corrected chi connectivity index (χ4v) is 3.54. The molecule has 0 aliphatic carbocycles. The van der Waals surface area contributed by atoms with Crippen molar-refractivity contribution >= 4 is 27.5 Å². The number of fused-ring (bicyclic) bond motifs is 1. The highest BCUT2D eigenvalue weighted by molar-refractivity contribution is 7.90. The van der Waals surface area contributed by atoms with Gasteiger partial charge in [-0.25, -0.2) is 9.71 Å². The van der Waals surface area contributed by atoms with E-state index in [0.717, 1.165) is 18.7 Å². The van der Waals surface area contributed by atoms with Crippen LogP contribution in [0.1, 0.15) is 29.4 Å². The summed E-state index contributed by atoms with van der Waals surface area (Å²) in [6.07, 6.45) is 4.31. The second-order valence-corrected chi connectivity index (χ2v) is 7.64. The first-order chi connectivity index (χ1) is 10.9. The summed E-state index contributed by atoms with van der Waals surface area (Å²) in [7, 11) is -4.05. The molecule has 23 heavy (non-hydrogen) atoms. The summed E-state index contributed by atoms with van der Waals surface area (Å²) in [5.74, 6) is -0.266. The monoisotopic (exact) mass is 354 g/mol. The molecule has 3 rings (SSSR count). The number of hydrogen-bond donors (Lipinski definition) is 1. The van der Waals surface area contributed by atoms with Crippen LogP contribution in [0.4, 0.5) is 0 Å². The van der Waals surface area contributed by atoms with Gasteiger partial charge in [-0.2, -0.15) is 13.5 Å². The van der Waals surface area contributed by atoms with E-state index < -0.39 is 15.9 Å². The molecule has 1 amide bonds. The largest absolute Gasteiger partial charge is 0.281 e. The predicted molar refractivity (Wildman–Crippen MR) is 83.6 cm³/mol. The van der Waals surface area contributed by atoms with E-state index in [0.29, 0.717) is 17.4 Å². The molecule has 1 unspecified atom stereocenters.